The summed E-state index contributed by atoms with van der Waals surface area (Å²) in [4.78, 5) is 42.7. The number of halogens is 1. The molecule has 0 spiro atoms. The number of nitrogens with zero attached hydrogens (tertiary/aromatic N) is 1. The second-order valence-electron chi connectivity index (χ2n) is 12.0. The Balaban J connectivity index is 2.55. The van der Waals surface area contributed by atoms with Gasteiger partial charge < -0.3 is 25.4 Å². The Morgan fingerprint density at radius 2 is 1.62 bits per heavy atom. The first-order valence-corrected chi connectivity index (χ1v) is 15.3. The summed E-state index contributed by atoms with van der Waals surface area (Å²) in [6, 6.07) is 9.63. The van der Waals surface area contributed by atoms with Crippen molar-refractivity contribution >= 4 is 35.2 Å². The molecule has 0 heterocycles. The number of unbranched alkanes of at least 4 members (excludes halogenated alkanes) is 5. The van der Waals surface area contributed by atoms with E-state index in [2.05, 4.69) is 17.6 Å². The predicted molar refractivity (Wildman–Crippen MR) is 169 cm³/mol. The number of aromatic hydroxyl groups is 1. The molecule has 3 N–H and O–H groups in total. The second-order valence-corrected chi connectivity index (χ2v) is 12.5. The van der Waals surface area contributed by atoms with Gasteiger partial charge in [0.15, 0.2) is 0 Å². The molecule has 8 nitrogen and oxygen atoms in total. The molecule has 0 fully saturated rings. The molecular weight excluding hydrogens is 554 g/mol. The van der Waals surface area contributed by atoms with E-state index in [1.54, 1.807) is 51.1 Å². The smallest absolute Gasteiger partial charge is 0.408 e. The fraction of sp³-hybridized carbons (Fsp3) is 0.545. The average Bonchev–Trinajstić information content (AvgIpc) is 2.90. The summed E-state index contributed by atoms with van der Waals surface area (Å²) in [6.07, 6.45) is 5.15. The zero-order valence-electron chi connectivity index (χ0n) is 26.1. The Labute approximate surface area is 256 Å². The summed E-state index contributed by atoms with van der Waals surface area (Å²) < 4.78 is 5.45. The van der Waals surface area contributed by atoms with Gasteiger partial charge in [0.2, 0.25) is 5.91 Å². The van der Waals surface area contributed by atoms with Crippen molar-refractivity contribution in [3.05, 3.63) is 58.6 Å². The van der Waals surface area contributed by atoms with Crippen molar-refractivity contribution in [3.8, 4) is 5.75 Å². The Kier molecular flexibility index (Phi) is 13.6. The van der Waals surface area contributed by atoms with Gasteiger partial charge in [-0.05, 0) is 57.7 Å². The number of anilines is 1. The SMILES string of the molecule is CCCCCCCCN(C(=O)C(NC(=O)OC(C)(C)C)C(C)C)C(C(=O)Nc1c(C)cccc1Cl)c1ccccc1O. The number of para-hydroxylation sites is 2. The number of rotatable bonds is 14. The largest absolute Gasteiger partial charge is 0.508 e. The van der Waals surface area contributed by atoms with Gasteiger partial charge in [-0.2, -0.15) is 0 Å². The van der Waals surface area contributed by atoms with Crippen LogP contribution in [0, 0.1) is 12.8 Å². The van der Waals surface area contributed by atoms with E-state index in [1.807, 2.05) is 26.8 Å². The predicted octanol–water partition coefficient (Wildman–Crippen LogP) is 7.77. The van der Waals surface area contributed by atoms with Gasteiger partial charge in [0.1, 0.15) is 23.4 Å². The van der Waals surface area contributed by atoms with Crippen molar-refractivity contribution in [1.29, 1.82) is 0 Å². The molecule has 0 saturated carbocycles. The third kappa shape index (κ3) is 10.5. The van der Waals surface area contributed by atoms with Crippen molar-refractivity contribution in [2.24, 2.45) is 5.92 Å². The number of hydrogen-bond donors (Lipinski definition) is 3. The van der Waals surface area contributed by atoms with Crippen LogP contribution in [0.25, 0.3) is 0 Å². The number of nitrogens with one attached hydrogen (secondary N) is 2. The van der Waals surface area contributed by atoms with Crippen LogP contribution in [0.1, 0.15) is 97.2 Å². The normalized spacial score (nSPS) is 12.9. The number of aryl methyl sites for hydroxylation is 1. The molecule has 9 heteroatoms. The van der Waals surface area contributed by atoms with E-state index in [0.29, 0.717) is 17.1 Å². The van der Waals surface area contributed by atoms with Crippen LogP contribution in [0.2, 0.25) is 5.02 Å². The number of carbonyl (C=O) groups excluding carboxylic acids is 3. The second kappa shape index (κ2) is 16.4. The summed E-state index contributed by atoms with van der Waals surface area (Å²) in [5.74, 6) is -1.39. The van der Waals surface area contributed by atoms with Crippen LogP contribution >= 0.6 is 11.6 Å². The maximum atomic E-state index is 14.3. The highest BCUT2D eigenvalue weighted by molar-refractivity contribution is 6.34. The molecular formula is C33H48ClN3O5. The van der Waals surface area contributed by atoms with Crippen LogP contribution < -0.4 is 10.6 Å². The van der Waals surface area contributed by atoms with Crippen LogP contribution in [0.5, 0.6) is 5.75 Å². The minimum atomic E-state index is -1.19. The monoisotopic (exact) mass is 601 g/mol. The summed E-state index contributed by atoms with van der Waals surface area (Å²) in [7, 11) is 0. The van der Waals surface area contributed by atoms with E-state index in [-0.39, 0.29) is 23.8 Å². The Morgan fingerprint density at radius 3 is 2.21 bits per heavy atom. The zero-order valence-corrected chi connectivity index (χ0v) is 26.9. The zero-order chi connectivity index (χ0) is 31.4. The molecule has 0 bridgehead atoms. The van der Waals surface area contributed by atoms with Crippen LogP contribution in [0.4, 0.5) is 10.5 Å². The number of phenolic OH excluding ortho intramolecular Hbond substituents is 1. The molecule has 3 amide bonds. The van der Waals surface area contributed by atoms with Crippen molar-refractivity contribution in [1.82, 2.24) is 10.2 Å². The van der Waals surface area contributed by atoms with E-state index in [4.69, 9.17) is 16.3 Å². The lowest BCUT2D eigenvalue weighted by Crippen LogP contribution is -2.54. The quantitative estimate of drug-likeness (QED) is 0.192. The first-order valence-electron chi connectivity index (χ1n) is 14.9. The average molecular weight is 602 g/mol. The van der Waals surface area contributed by atoms with Crippen LogP contribution in [0.3, 0.4) is 0 Å². The van der Waals surface area contributed by atoms with Crippen molar-refractivity contribution in [2.75, 3.05) is 11.9 Å². The van der Waals surface area contributed by atoms with Crippen molar-refractivity contribution < 1.29 is 24.2 Å². The molecule has 0 radical (unpaired) electrons. The minimum Gasteiger partial charge on any atom is -0.508 e. The highest BCUT2D eigenvalue weighted by Crippen LogP contribution is 2.33. The summed E-state index contributed by atoms with van der Waals surface area (Å²) in [5.41, 5.74) is 0.715. The van der Waals surface area contributed by atoms with Crippen LogP contribution in [0.15, 0.2) is 42.5 Å². The number of alkyl carbamates (subject to hydrolysis) is 1. The van der Waals surface area contributed by atoms with Gasteiger partial charge in [-0.3, -0.25) is 9.59 Å². The molecule has 42 heavy (non-hydrogen) atoms. The molecule has 0 aliphatic heterocycles. The van der Waals surface area contributed by atoms with Gasteiger partial charge in [-0.25, -0.2) is 4.79 Å². The molecule has 2 aromatic carbocycles. The minimum absolute atomic E-state index is 0.115. The fourth-order valence-electron chi connectivity index (χ4n) is 4.71. The topological polar surface area (TPSA) is 108 Å². The lowest BCUT2D eigenvalue weighted by Gasteiger charge is -2.36. The molecule has 2 aromatic rings. The number of amides is 3. The van der Waals surface area contributed by atoms with Crippen LogP contribution in [-0.4, -0.2) is 46.1 Å². The molecule has 0 aliphatic carbocycles. The van der Waals surface area contributed by atoms with E-state index < -0.39 is 35.6 Å². The number of carbonyl (C=O) groups is 3. The third-order valence-electron chi connectivity index (χ3n) is 6.90. The van der Waals surface area contributed by atoms with Crippen molar-refractivity contribution in [2.45, 2.75) is 105 Å². The molecule has 0 aliphatic rings. The van der Waals surface area contributed by atoms with E-state index in [9.17, 15) is 19.5 Å². The van der Waals surface area contributed by atoms with Gasteiger partial charge in [-0.15, -0.1) is 0 Å². The Morgan fingerprint density at radius 1 is 0.976 bits per heavy atom. The molecule has 2 rings (SSSR count). The summed E-state index contributed by atoms with van der Waals surface area (Å²) in [5, 5.41) is 16.9. The lowest BCUT2D eigenvalue weighted by atomic mass is 9.97. The van der Waals surface area contributed by atoms with E-state index in [1.165, 1.54) is 11.0 Å². The maximum absolute atomic E-state index is 14.3. The highest BCUT2D eigenvalue weighted by atomic mass is 35.5. The van der Waals surface area contributed by atoms with E-state index in [0.717, 1.165) is 37.7 Å². The Bertz CT molecular complexity index is 1170. The number of benzene rings is 2. The van der Waals surface area contributed by atoms with Gasteiger partial charge in [0.05, 0.1) is 10.7 Å². The number of hydrogen-bond acceptors (Lipinski definition) is 5. The van der Waals surface area contributed by atoms with E-state index >= 15 is 0 Å². The third-order valence-corrected chi connectivity index (χ3v) is 7.22. The standard InChI is InChI=1S/C33H48ClN3O5/c1-8-9-10-11-12-15-21-37(31(40)27(22(2)3)36-32(41)42-33(5,6)7)29(24-18-13-14-20-26(24)38)30(39)35-28-23(4)17-16-19-25(28)34/h13-14,16-20,22,27,29,38H,8-12,15,21H2,1-7H3,(H,35,39)(H,36,41). The van der Waals surface area contributed by atoms with Gasteiger partial charge in [0.25, 0.3) is 5.91 Å². The molecule has 0 saturated heterocycles. The Hall–Kier alpha value is -3.26. The summed E-state index contributed by atoms with van der Waals surface area (Å²) >= 11 is 6.44. The fourth-order valence-corrected chi connectivity index (χ4v) is 4.98. The molecule has 0 aromatic heterocycles. The first kappa shape index (κ1) is 34.9. The molecule has 232 valence electrons. The maximum Gasteiger partial charge on any atom is 0.408 e. The highest BCUT2D eigenvalue weighted by Gasteiger charge is 2.38. The van der Waals surface area contributed by atoms with Crippen LogP contribution in [-0.2, 0) is 14.3 Å². The molecule has 2 atom stereocenters. The van der Waals surface area contributed by atoms with Gasteiger partial charge in [0, 0.05) is 12.1 Å². The number of phenols is 1. The van der Waals surface area contributed by atoms with Gasteiger partial charge >= 0.3 is 6.09 Å². The first-order chi connectivity index (χ1) is 19.8. The molecule has 2 unspecified atom stereocenters. The number of ether oxygens (including phenoxy) is 1. The van der Waals surface area contributed by atoms with Gasteiger partial charge in [-0.1, -0.05) is 94.8 Å². The summed E-state index contributed by atoms with van der Waals surface area (Å²) in [6.45, 7) is 13.1. The lowest BCUT2D eigenvalue weighted by molar-refractivity contribution is -0.141. The van der Waals surface area contributed by atoms with Crippen molar-refractivity contribution in [3.63, 3.8) is 0 Å².